The number of hydrogen-bond donors (Lipinski definition) is 0. The highest BCUT2D eigenvalue weighted by molar-refractivity contribution is 9.11. The van der Waals surface area contributed by atoms with Gasteiger partial charge in [-0.2, -0.15) is 0 Å². The van der Waals surface area contributed by atoms with Crippen LogP contribution in [0.3, 0.4) is 0 Å². The second-order valence-corrected chi connectivity index (χ2v) is 6.22. The number of fused-ring (bicyclic) bond motifs is 1. The first-order valence-electron chi connectivity index (χ1n) is 3.69. The minimum atomic E-state index is -3.35. The van der Waals surface area contributed by atoms with Gasteiger partial charge in [0.1, 0.15) is 5.84 Å². The van der Waals surface area contributed by atoms with Crippen LogP contribution in [0.4, 0.5) is 0 Å². The van der Waals surface area contributed by atoms with Crippen molar-refractivity contribution in [2.45, 2.75) is 4.16 Å². The number of rotatable bonds is 0. The fraction of sp³-hybridized carbons (Fsp3) is 0.286. The maximum Gasteiger partial charge on any atom is 0.269 e. The van der Waals surface area contributed by atoms with E-state index in [1.54, 1.807) is 17.1 Å². The van der Waals surface area contributed by atoms with Gasteiger partial charge in [0, 0.05) is 6.20 Å². The monoisotopic (exact) mass is 262 g/mol. The van der Waals surface area contributed by atoms with E-state index in [1.165, 1.54) is 0 Å². The van der Waals surface area contributed by atoms with Crippen molar-refractivity contribution in [1.29, 1.82) is 0 Å². The zero-order valence-corrected chi connectivity index (χ0v) is 8.99. The summed E-state index contributed by atoms with van der Waals surface area (Å²) in [6, 6.07) is 0. The third-order valence-corrected chi connectivity index (χ3v) is 4.74. The summed E-state index contributed by atoms with van der Waals surface area (Å²) in [6.07, 6.45) is 7.09. The van der Waals surface area contributed by atoms with E-state index in [2.05, 4.69) is 20.3 Å². The van der Waals surface area contributed by atoms with Crippen LogP contribution < -0.4 is 0 Å². The van der Waals surface area contributed by atoms with Gasteiger partial charge in [0.05, 0.1) is 6.54 Å². The highest BCUT2D eigenvalue weighted by atomic mass is 79.9. The quantitative estimate of drug-likeness (QED) is 0.608. The van der Waals surface area contributed by atoms with Gasteiger partial charge in [-0.05, 0) is 12.2 Å². The molecule has 0 saturated carbocycles. The molecule has 2 aliphatic rings. The van der Waals surface area contributed by atoms with Crippen molar-refractivity contribution in [2.24, 2.45) is 4.40 Å². The van der Waals surface area contributed by atoms with Crippen LogP contribution in [0.1, 0.15) is 0 Å². The normalized spacial score (nSPS) is 29.8. The van der Waals surface area contributed by atoms with Crippen LogP contribution in [-0.2, 0) is 10.0 Å². The highest BCUT2D eigenvalue weighted by Gasteiger charge is 2.30. The summed E-state index contributed by atoms with van der Waals surface area (Å²) in [5.41, 5.74) is 0. The molecule has 2 aliphatic heterocycles. The number of alkyl halides is 1. The van der Waals surface area contributed by atoms with Gasteiger partial charge in [0.25, 0.3) is 10.0 Å². The maximum absolute atomic E-state index is 11.3. The summed E-state index contributed by atoms with van der Waals surface area (Å²) in [4.78, 5) is 1.79. The van der Waals surface area contributed by atoms with Crippen LogP contribution in [-0.4, -0.2) is 29.9 Å². The molecule has 0 aromatic heterocycles. The molecule has 0 aromatic rings. The van der Waals surface area contributed by atoms with Gasteiger partial charge in [-0.25, -0.2) is 8.42 Å². The SMILES string of the molecule is O=S1(=O)N=C2C=CC=CN2CC1Br. The van der Waals surface area contributed by atoms with Crippen molar-refractivity contribution >= 4 is 31.8 Å². The van der Waals surface area contributed by atoms with E-state index >= 15 is 0 Å². The Morgan fingerprint density at radius 3 is 3.08 bits per heavy atom. The Balaban J connectivity index is 2.47. The zero-order valence-electron chi connectivity index (χ0n) is 6.59. The molecule has 13 heavy (non-hydrogen) atoms. The minimum Gasteiger partial charge on any atom is -0.330 e. The number of amidine groups is 1. The predicted octanol–water partition coefficient (Wildman–Crippen LogP) is 0.835. The molecule has 0 aliphatic carbocycles. The Morgan fingerprint density at radius 1 is 1.54 bits per heavy atom. The first-order chi connectivity index (χ1) is 6.09. The molecule has 0 fully saturated rings. The van der Waals surface area contributed by atoms with E-state index in [0.717, 1.165) is 0 Å². The van der Waals surface area contributed by atoms with Crippen molar-refractivity contribution in [2.75, 3.05) is 6.54 Å². The van der Waals surface area contributed by atoms with Crippen molar-refractivity contribution < 1.29 is 8.42 Å². The lowest BCUT2D eigenvalue weighted by Gasteiger charge is -2.28. The van der Waals surface area contributed by atoms with Gasteiger partial charge in [0.15, 0.2) is 4.16 Å². The van der Waals surface area contributed by atoms with Gasteiger partial charge in [-0.1, -0.05) is 22.0 Å². The Morgan fingerprint density at radius 2 is 2.31 bits per heavy atom. The molecular weight excluding hydrogens is 256 g/mol. The molecule has 4 nitrogen and oxygen atoms in total. The average molecular weight is 263 g/mol. The topological polar surface area (TPSA) is 49.7 Å². The molecular formula is C7H7BrN2O2S. The molecule has 0 radical (unpaired) electrons. The third-order valence-electron chi connectivity index (χ3n) is 1.80. The largest absolute Gasteiger partial charge is 0.330 e. The molecule has 0 amide bonds. The van der Waals surface area contributed by atoms with Crippen LogP contribution in [0.2, 0.25) is 0 Å². The van der Waals surface area contributed by atoms with Crippen molar-refractivity contribution in [3.05, 3.63) is 24.4 Å². The summed E-state index contributed by atoms with van der Waals surface area (Å²) < 4.78 is 25.7. The Bertz CT molecular complexity index is 410. The van der Waals surface area contributed by atoms with Crippen LogP contribution in [0.15, 0.2) is 28.8 Å². The summed E-state index contributed by atoms with van der Waals surface area (Å²) in [7, 11) is -3.35. The highest BCUT2D eigenvalue weighted by Crippen LogP contribution is 2.21. The lowest BCUT2D eigenvalue weighted by atomic mass is 10.3. The molecule has 0 spiro atoms. The molecule has 0 bridgehead atoms. The zero-order chi connectivity index (χ0) is 9.47. The lowest BCUT2D eigenvalue weighted by molar-refractivity contribution is 0.541. The third kappa shape index (κ3) is 1.55. The molecule has 0 aromatic carbocycles. The second-order valence-electron chi connectivity index (χ2n) is 2.73. The van der Waals surface area contributed by atoms with E-state index in [1.807, 2.05) is 12.3 Å². The molecule has 2 rings (SSSR count). The van der Waals surface area contributed by atoms with Crippen LogP contribution in [0.5, 0.6) is 0 Å². The molecule has 1 atom stereocenters. The molecule has 2 heterocycles. The van der Waals surface area contributed by atoms with Gasteiger partial charge in [-0.15, -0.1) is 4.40 Å². The fourth-order valence-electron chi connectivity index (χ4n) is 1.14. The molecule has 0 saturated heterocycles. The molecule has 1 unspecified atom stereocenters. The molecule has 6 heteroatoms. The van der Waals surface area contributed by atoms with Crippen molar-refractivity contribution in [3.8, 4) is 0 Å². The molecule has 0 N–H and O–H groups in total. The first kappa shape index (κ1) is 8.96. The summed E-state index contributed by atoms with van der Waals surface area (Å²) >= 11 is 3.08. The Hall–Kier alpha value is -0.620. The second kappa shape index (κ2) is 2.95. The van der Waals surface area contributed by atoms with E-state index in [9.17, 15) is 8.42 Å². The summed E-state index contributed by atoms with van der Waals surface area (Å²) in [5.74, 6) is 0.484. The number of hydrogen-bond acceptors (Lipinski definition) is 3. The van der Waals surface area contributed by atoms with Crippen molar-refractivity contribution in [3.63, 3.8) is 0 Å². The number of halogens is 1. The van der Waals surface area contributed by atoms with Gasteiger partial charge in [0.2, 0.25) is 0 Å². The number of allylic oxidation sites excluding steroid dienone is 2. The van der Waals surface area contributed by atoms with E-state index < -0.39 is 14.2 Å². The number of nitrogens with zero attached hydrogens (tertiary/aromatic N) is 2. The minimum absolute atomic E-state index is 0.405. The van der Waals surface area contributed by atoms with Crippen LogP contribution in [0.25, 0.3) is 0 Å². The lowest BCUT2D eigenvalue weighted by Crippen LogP contribution is -2.39. The van der Waals surface area contributed by atoms with E-state index in [-0.39, 0.29) is 0 Å². The maximum atomic E-state index is 11.3. The predicted molar refractivity (Wildman–Crippen MR) is 54.1 cm³/mol. The molecule has 70 valence electrons. The summed E-state index contributed by atoms with van der Waals surface area (Å²) in [6.45, 7) is 0.405. The Labute approximate surface area is 84.8 Å². The van der Waals surface area contributed by atoms with E-state index in [0.29, 0.717) is 12.4 Å². The number of sulfonamides is 1. The van der Waals surface area contributed by atoms with Gasteiger partial charge < -0.3 is 4.90 Å². The van der Waals surface area contributed by atoms with Gasteiger partial charge in [-0.3, -0.25) is 0 Å². The smallest absolute Gasteiger partial charge is 0.269 e. The van der Waals surface area contributed by atoms with Crippen molar-refractivity contribution in [1.82, 2.24) is 4.90 Å². The van der Waals surface area contributed by atoms with E-state index in [4.69, 9.17) is 0 Å². The standard InChI is InChI=1S/C7H7BrN2O2S/c8-6-5-10-4-2-1-3-7(10)9-13(6,11)12/h1-4,6H,5H2. The first-order valence-corrected chi connectivity index (χ1v) is 6.11. The van der Waals surface area contributed by atoms with Crippen LogP contribution >= 0.6 is 15.9 Å². The fourth-order valence-corrected chi connectivity index (χ4v) is 2.59. The van der Waals surface area contributed by atoms with Crippen LogP contribution in [0, 0.1) is 0 Å². The Kier molecular flexibility index (Phi) is 2.03. The summed E-state index contributed by atoms with van der Waals surface area (Å²) in [5, 5.41) is 0. The average Bonchev–Trinajstić information content (AvgIpc) is 2.06. The van der Waals surface area contributed by atoms with Gasteiger partial charge >= 0.3 is 0 Å².